The molecule has 0 radical (unpaired) electrons. The fraction of sp³-hybridized carbons (Fsp3) is 0. The molecule has 1 amide bonds. The van der Waals surface area contributed by atoms with E-state index < -0.39 is 17.8 Å². The Morgan fingerprint density at radius 3 is 2.21 bits per heavy atom. The van der Waals surface area contributed by atoms with Crippen molar-refractivity contribution in [2.75, 3.05) is 5.32 Å². The van der Waals surface area contributed by atoms with Crippen LogP contribution < -0.4 is 5.32 Å². The topological polar surface area (TPSA) is 122 Å². The Labute approximate surface area is 159 Å². The predicted octanol–water partition coefficient (Wildman–Crippen LogP) is 2.82. The normalized spacial score (nSPS) is 10.7. The minimum Gasteiger partial charge on any atom is -0.478 e. The van der Waals surface area contributed by atoms with Gasteiger partial charge < -0.3 is 15.5 Å². The third-order valence-corrected chi connectivity index (χ3v) is 3.77. The van der Waals surface area contributed by atoms with Crippen LogP contribution in [0.15, 0.2) is 72.9 Å². The summed E-state index contributed by atoms with van der Waals surface area (Å²) in [5.74, 6) is -2.91. The summed E-state index contributed by atoms with van der Waals surface area (Å²) < 4.78 is 1.49. The highest BCUT2D eigenvalue weighted by atomic mass is 16.4. The fourth-order valence-electron chi connectivity index (χ4n) is 2.50. The van der Waals surface area contributed by atoms with E-state index in [4.69, 9.17) is 5.11 Å². The van der Waals surface area contributed by atoms with Crippen LogP contribution >= 0.6 is 0 Å². The maximum atomic E-state index is 11.6. The molecule has 28 heavy (non-hydrogen) atoms. The van der Waals surface area contributed by atoms with Crippen LogP contribution in [0.5, 0.6) is 0 Å². The molecule has 140 valence electrons. The van der Waals surface area contributed by atoms with Crippen molar-refractivity contribution in [1.29, 1.82) is 0 Å². The van der Waals surface area contributed by atoms with Crippen molar-refractivity contribution in [3.63, 3.8) is 0 Å². The van der Waals surface area contributed by atoms with Gasteiger partial charge in [0.1, 0.15) is 11.3 Å². The van der Waals surface area contributed by atoms with Crippen LogP contribution in [0.4, 0.5) is 5.69 Å². The molecule has 0 fully saturated rings. The first-order valence-corrected chi connectivity index (χ1v) is 8.15. The van der Waals surface area contributed by atoms with E-state index in [-0.39, 0.29) is 5.56 Å². The maximum Gasteiger partial charge on any atom is 0.339 e. The molecule has 0 unspecified atom stereocenters. The summed E-state index contributed by atoms with van der Waals surface area (Å²) >= 11 is 0. The van der Waals surface area contributed by atoms with Crippen molar-refractivity contribution in [2.24, 2.45) is 0 Å². The van der Waals surface area contributed by atoms with Gasteiger partial charge in [0.05, 0.1) is 5.69 Å². The number of hydrogen-bond donors (Lipinski definition) is 3. The number of nitrogens with zero attached hydrogens (tertiary/aromatic N) is 2. The van der Waals surface area contributed by atoms with E-state index in [9.17, 15) is 19.5 Å². The number of amides is 1. The Bertz CT molecular complexity index is 1050. The van der Waals surface area contributed by atoms with E-state index in [1.807, 2.05) is 30.3 Å². The molecule has 1 aromatic heterocycles. The van der Waals surface area contributed by atoms with Gasteiger partial charge in [-0.3, -0.25) is 4.79 Å². The van der Waals surface area contributed by atoms with E-state index in [0.29, 0.717) is 16.9 Å². The summed E-state index contributed by atoms with van der Waals surface area (Å²) in [6.07, 6.45) is 3.08. The third kappa shape index (κ3) is 4.31. The Hall–Kier alpha value is -4.20. The van der Waals surface area contributed by atoms with Crippen molar-refractivity contribution in [2.45, 2.75) is 0 Å². The zero-order valence-electron chi connectivity index (χ0n) is 14.4. The monoisotopic (exact) mass is 377 g/mol. The molecule has 3 rings (SSSR count). The van der Waals surface area contributed by atoms with E-state index in [0.717, 1.165) is 17.8 Å². The summed E-state index contributed by atoms with van der Waals surface area (Å²) in [5, 5.41) is 24.9. The summed E-state index contributed by atoms with van der Waals surface area (Å²) in [6.45, 7) is 0. The van der Waals surface area contributed by atoms with Crippen molar-refractivity contribution in [3.8, 4) is 16.9 Å². The fourth-order valence-corrected chi connectivity index (χ4v) is 2.50. The second-order valence-corrected chi connectivity index (χ2v) is 5.71. The average Bonchev–Trinajstić information content (AvgIpc) is 3.13. The van der Waals surface area contributed by atoms with Crippen LogP contribution in [0.3, 0.4) is 0 Å². The van der Waals surface area contributed by atoms with Crippen molar-refractivity contribution in [3.05, 3.63) is 78.5 Å². The minimum absolute atomic E-state index is 0.0463. The van der Waals surface area contributed by atoms with Crippen molar-refractivity contribution in [1.82, 2.24) is 9.78 Å². The second kappa shape index (κ2) is 8.00. The lowest BCUT2D eigenvalue weighted by Gasteiger charge is -2.04. The van der Waals surface area contributed by atoms with Crippen LogP contribution in [0, 0.1) is 0 Å². The van der Waals surface area contributed by atoms with E-state index >= 15 is 0 Å². The number of carbonyl (C=O) groups is 3. The van der Waals surface area contributed by atoms with Crippen molar-refractivity contribution >= 4 is 23.5 Å². The Balaban J connectivity index is 1.87. The summed E-state index contributed by atoms with van der Waals surface area (Å²) in [5.41, 5.74) is 2.06. The van der Waals surface area contributed by atoms with Gasteiger partial charge in [0, 0.05) is 29.6 Å². The zero-order chi connectivity index (χ0) is 20.1. The maximum absolute atomic E-state index is 11.6. The molecule has 3 aromatic rings. The Kier molecular flexibility index (Phi) is 5.31. The van der Waals surface area contributed by atoms with Gasteiger partial charge in [0.15, 0.2) is 0 Å². The number of carbonyl (C=O) groups excluding carboxylic acids is 1. The summed E-state index contributed by atoms with van der Waals surface area (Å²) in [4.78, 5) is 33.7. The second-order valence-electron chi connectivity index (χ2n) is 5.71. The molecule has 0 bridgehead atoms. The van der Waals surface area contributed by atoms with Gasteiger partial charge in [0.2, 0.25) is 5.91 Å². The molecule has 8 heteroatoms. The number of carboxylic acid groups (broad SMARTS) is 2. The summed E-state index contributed by atoms with van der Waals surface area (Å²) in [6, 6.07) is 15.5. The first kappa shape index (κ1) is 18.6. The molecule has 0 aliphatic carbocycles. The Morgan fingerprint density at radius 2 is 1.61 bits per heavy atom. The lowest BCUT2D eigenvalue weighted by atomic mass is 10.1. The number of rotatable bonds is 6. The molecule has 8 nitrogen and oxygen atoms in total. The molecule has 0 saturated carbocycles. The third-order valence-electron chi connectivity index (χ3n) is 3.77. The minimum atomic E-state index is -1.22. The Morgan fingerprint density at radius 1 is 0.929 bits per heavy atom. The number of anilines is 1. The van der Waals surface area contributed by atoms with Crippen LogP contribution in [-0.2, 0) is 9.59 Å². The largest absolute Gasteiger partial charge is 0.478 e. The van der Waals surface area contributed by atoms with Crippen LogP contribution in [0.1, 0.15) is 10.4 Å². The highest BCUT2D eigenvalue weighted by Gasteiger charge is 2.17. The van der Waals surface area contributed by atoms with Gasteiger partial charge in [-0.2, -0.15) is 5.10 Å². The number of nitrogens with one attached hydrogen (secondary N) is 1. The molecular formula is C20H15N3O5. The molecule has 0 atom stereocenters. The molecule has 3 N–H and O–H groups in total. The molecule has 1 heterocycles. The molecule has 2 aromatic carbocycles. The lowest BCUT2D eigenvalue weighted by Crippen LogP contribution is -2.08. The SMILES string of the molecule is O=C(O)/C=C/C(=O)Nc1ccc(-c2nn(-c3ccccc3)cc2C(=O)O)cc1. The van der Waals surface area contributed by atoms with E-state index in [1.54, 1.807) is 24.3 Å². The van der Waals surface area contributed by atoms with Crippen molar-refractivity contribution < 1.29 is 24.6 Å². The quantitative estimate of drug-likeness (QED) is 0.568. The van der Waals surface area contributed by atoms with E-state index in [1.165, 1.54) is 10.9 Å². The van der Waals surface area contributed by atoms with Crippen LogP contribution in [0.25, 0.3) is 16.9 Å². The average molecular weight is 377 g/mol. The molecule has 0 saturated heterocycles. The van der Waals surface area contributed by atoms with E-state index in [2.05, 4.69) is 10.4 Å². The molecule has 0 spiro atoms. The smallest absolute Gasteiger partial charge is 0.339 e. The molecule has 0 aliphatic heterocycles. The first-order valence-electron chi connectivity index (χ1n) is 8.15. The van der Waals surface area contributed by atoms with Gasteiger partial charge in [-0.05, 0) is 24.3 Å². The van der Waals surface area contributed by atoms with Gasteiger partial charge in [-0.25, -0.2) is 14.3 Å². The number of benzene rings is 2. The number of hydrogen-bond acceptors (Lipinski definition) is 4. The standard InChI is InChI=1S/C20H15N3O5/c24-17(10-11-18(25)26)21-14-8-6-13(7-9-14)19-16(20(27)28)12-23(22-19)15-4-2-1-3-5-15/h1-12H,(H,21,24)(H,25,26)(H,27,28)/b11-10+. The number of carboxylic acids is 2. The lowest BCUT2D eigenvalue weighted by molar-refractivity contribution is -0.131. The number of para-hydroxylation sites is 1. The highest BCUT2D eigenvalue weighted by molar-refractivity contribution is 6.02. The van der Waals surface area contributed by atoms with Crippen LogP contribution in [0.2, 0.25) is 0 Å². The summed E-state index contributed by atoms with van der Waals surface area (Å²) in [7, 11) is 0. The molecular weight excluding hydrogens is 362 g/mol. The van der Waals surface area contributed by atoms with Gasteiger partial charge in [-0.15, -0.1) is 0 Å². The number of aliphatic carboxylic acids is 1. The zero-order valence-corrected chi connectivity index (χ0v) is 14.4. The van der Waals surface area contributed by atoms with Crippen LogP contribution in [-0.4, -0.2) is 37.8 Å². The first-order chi connectivity index (χ1) is 13.4. The van der Waals surface area contributed by atoms with Gasteiger partial charge >= 0.3 is 11.9 Å². The number of aromatic nitrogens is 2. The molecule has 0 aliphatic rings. The predicted molar refractivity (Wildman–Crippen MR) is 101 cm³/mol. The van der Waals surface area contributed by atoms with Gasteiger partial charge in [0.25, 0.3) is 0 Å². The highest BCUT2D eigenvalue weighted by Crippen LogP contribution is 2.25. The van der Waals surface area contributed by atoms with Gasteiger partial charge in [-0.1, -0.05) is 30.3 Å². The number of aromatic carboxylic acids is 1.